The quantitative estimate of drug-likeness (QED) is 0.232. The predicted octanol–water partition coefficient (Wildman–Crippen LogP) is 7.35. The zero-order valence-corrected chi connectivity index (χ0v) is 25.0. The van der Waals surface area contributed by atoms with E-state index in [9.17, 15) is 9.59 Å². The number of aryl methyl sites for hydroxylation is 2. The van der Waals surface area contributed by atoms with E-state index in [2.05, 4.69) is 20.6 Å². The van der Waals surface area contributed by atoms with E-state index in [0.717, 1.165) is 11.1 Å². The number of hydrogen-bond acceptors (Lipinski definition) is 4. The van der Waals surface area contributed by atoms with E-state index in [1.165, 1.54) is 0 Å². The van der Waals surface area contributed by atoms with Gasteiger partial charge in [-0.3, -0.25) is 9.59 Å². The Kier molecular flexibility index (Phi) is 13.2. The number of carbonyl (C=O) groups is 2. The fourth-order valence-corrected chi connectivity index (χ4v) is 2.77. The molecule has 0 aliphatic rings. The maximum atomic E-state index is 11.8. The van der Waals surface area contributed by atoms with Crippen LogP contribution in [0, 0.1) is 13.8 Å². The number of carbonyl (C=O) groups excluding carboxylic acids is 2. The van der Waals surface area contributed by atoms with Gasteiger partial charge in [0.25, 0.3) is 11.8 Å². The molecule has 0 saturated carbocycles. The van der Waals surface area contributed by atoms with E-state index < -0.39 is 15.2 Å². The second-order valence-corrected chi connectivity index (χ2v) is 21.2. The second-order valence-electron chi connectivity index (χ2n) is 7.27. The van der Waals surface area contributed by atoms with Crippen LogP contribution in [-0.2, 0) is 15.2 Å². The molecule has 0 fully saturated rings. The molecule has 0 atom stereocenters. The topological polar surface area (TPSA) is 84.0 Å². The van der Waals surface area contributed by atoms with Crippen LogP contribution in [0.3, 0.4) is 0 Å². The van der Waals surface area contributed by atoms with Crippen molar-refractivity contribution < 1.29 is 24.8 Å². The van der Waals surface area contributed by atoms with E-state index in [1.807, 2.05) is 74.5 Å². The number of amides is 2. The first-order chi connectivity index (χ1) is 17.2. The van der Waals surface area contributed by atoms with Gasteiger partial charge in [0.05, 0.1) is 0 Å². The average Bonchev–Trinajstić information content (AvgIpc) is 2.85. The summed E-state index contributed by atoms with van der Waals surface area (Å²) in [6.07, 6.45) is 3.35. The van der Waals surface area contributed by atoms with Gasteiger partial charge in [-0.05, 0) is 73.5 Å². The maximum absolute atomic E-state index is 11.8. The molecule has 4 rings (SSSR count). The number of nitrogens with one attached hydrogen (secondary N) is 2. The van der Waals surface area contributed by atoms with Crippen molar-refractivity contribution in [3.8, 4) is 0 Å². The summed E-state index contributed by atoms with van der Waals surface area (Å²) in [5.41, 5.74) is 3.40. The Morgan fingerprint density at radius 3 is 1.28 bits per heavy atom. The summed E-state index contributed by atoms with van der Waals surface area (Å²) in [7, 11) is 15.0. The summed E-state index contributed by atoms with van der Waals surface area (Å²) in [5.74, 6) is 0.875. The van der Waals surface area contributed by atoms with Crippen molar-refractivity contribution in [3.05, 3.63) is 120 Å². The third-order valence-electron chi connectivity index (χ3n) is 4.39. The Labute approximate surface area is 228 Å². The van der Waals surface area contributed by atoms with Crippen LogP contribution in [0.2, 0.25) is 0 Å². The van der Waals surface area contributed by atoms with Crippen molar-refractivity contribution in [3.63, 3.8) is 0 Å². The molecule has 2 amide bonds. The van der Waals surface area contributed by atoms with Gasteiger partial charge in [0.1, 0.15) is 11.6 Å². The first kappa shape index (κ1) is 29.5. The van der Waals surface area contributed by atoms with Crippen LogP contribution in [0.25, 0.3) is 0 Å². The van der Waals surface area contributed by atoms with E-state index in [4.69, 9.17) is 27.6 Å². The zero-order valence-electron chi connectivity index (χ0n) is 19.5. The van der Waals surface area contributed by atoms with Crippen molar-refractivity contribution in [1.82, 2.24) is 9.97 Å². The standard InChI is InChI=1S/2C13H12N2O.3ClH.Ta/c2*1-10-7-8-14-12(9-10)15-13(16)11-5-3-2-4-6-11;;;;/h2*2-9H,1H3,(H,14,15,16);3*1H;/q;;;;;+3/p-3. The van der Waals surface area contributed by atoms with Gasteiger partial charge in [0.15, 0.2) is 0 Å². The van der Waals surface area contributed by atoms with E-state index in [1.54, 1.807) is 36.7 Å². The molecular weight excluding hydrogens is 688 g/mol. The number of halogens is 3. The summed E-state index contributed by atoms with van der Waals surface area (Å²) < 4.78 is 0. The molecule has 0 unspecified atom stereocenters. The number of anilines is 2. The third-order valence-corrected chi connectivity index (χ3v) is 4.39. The minimum atomic E-state index is -2.18. The van der Waals surface area contributed by atoms with Crippen LogP contribution in [0.1, 0.15) is 31.8 Å². The normalized spacial score (nSPS) is 9.72. The fraction of sp³-hybridized carbons (Fsp3) is 0.0769. The summed E-state index contributed by atoms with van der Waals surface area (Å²) in [6, 6.07) is 25.6. The summed E-state index contributed by atoms with van der Waals surface area (Å²) in [4.78, 5) is 31.7. The number of hydrogen-bond donors (Lipinski definition) is 2. The SMILES string of the molecule is Cc1ccnc(NC(=O)c2ccccc2)c1.Cc1ccnc(NC(=O)c2ccccc2)c1.[Cl][Ta]([Cl])[Cl]. The van der Waals surface area contributed by atoms with Crippen molar-refractivity contribution in [2.45, 2.75) is 13.8 Å². The Hall–Kier alpha value is -2.71. The van der Waals surface area contributed by atoms with E-state index in [-0.39, 0.29) is 11.8 Å². The molecule has 10 heteroatoms. The number of benzene rings is 2. The molecule has 0 bridgehead atoms. The molecule has 0 saturated heterocycles. The number of pyridine rings is 2. The first-order valence-corrected chi connectivity index (χ1v) is 22.5. The van der Waals surface area contributed by atoms with Gasteiger partial charge in [-0.1, -0.05) is 36.4 Å². The van der Waals surface area contributed by atoms with Crippen molar-refractivity contribution in [2.75, 3.05) is 10.6 Å². The van der Waals surface area contributed by atoms with Gasteiger partial charge in [0.2, 0.25) is 0 Å². The summed E-state index contributed by atoms with van der Waals surface area (Å²) in [6.45, 7) is 3.92. The number of nitrogens with zero attached hydrogens (tertiary/aromatic N) is 2. The Morgan fingerprint density at radius 1 is 0.639 bits per heavy atom. The average molecular weight is 712 g/mol. The predicted molar refractivity (Wildman–Crippen MR) is 144 cm³/mol. The van der Waals surface area contributed by atoms with Crippen molar-refractivity contribution in [1.29, 1.82) is 0 Å². The van der Waals surface area contributed by atoms with Gasteiger partial charge < -0.3 is 10.6 Å². The Morgan fingerprint density at radius 2 is 0.972 bits per heavy atom. The van der Waals surface area contributed by atoms with Gasteiger partial charge in [-0.2, -0.15) is 0 Å². The minimum absolute atomic E-state index is 0.140. The van der Waals surface area contributed by atoms with E-state index in [0.29, 0.717) is 22.8 Å². The first-order valence-electron chi connectivity index (χ1n) is 10.6. The summed E-state index contributed by atoms with van der Waals surface area (Å²) >= 11 is -2.18. The molecular formula is C26H24Cl3N4O2Ta. The van der Waals surface area contributed by atoms with Crippen molar-refractivity contribution >= 4 is 51.0 Å². The van der Waals surface area contributed by atoms with Gasteiger partial charge in [-0.25, -0.2) is 9.97 Å². The van der Waals surface area contributed by atoms with Crippen LogP contribution < -0.4 is 10.6 Å². The second kappa shape index (κ2) is 16.1. The molecule has 2 N–H and O–H groups in total. The van der Waals surface area contributed by atoms with Gasteiger partial charge in [0, 0.05) is 23.5 Å². The van der Waals surface area contributed by atoms with E-state index >= 15 is 0 Å². The molecule has 0 radical (unpaired) electrons. The molecule has 4 aromatic rings. The van der Waals surface area contributed by atoms with Crippen LogP contribution in [0.15, 0.2) is 97.3 Å². The van der Waals surface area contributed by atoms with Gasteiger partial charge in [-0.15, -0.1) is 0 Å². The number of aromatic nitrogens is 2. The molecule has 6 nitrogen and oxygen atoms in total. The van der Waals surface area contributed by atoms with Crippen LogP contribution >= 0.6 is 27.6 Å². The molecule has 186 valence electrons. The third kappa shape index (κ3) is 11.8. The van der Waals surface area contributed by atoms with Crippen LogP contribution in [-0.4, -0.2) is 21.8 Å². The number of rotatable bonds is 4. The van der Waals surface area contributed by atoms with Crippen LogP contribution in [0.5, 0.6) is 0 Å². The molecule has 2 aromatic carbocycles. The molecule has 0 spiro atoms. The van der Waals surface area contributed by atoms with Crippen LogP contribution in [0.4, 0.5) is 11.6 Å². The molecule has 0 aliphatic carbocycles. The molecule has 2 heterocycles. The molecule has 36 heavy (non-hydrogen) atoms. The summed E-state index contributed by atoms with van der Waals surface area (Å²) in [5, 5.41) is 5.50. The van der Waals surface area contributed by atoms with Crippen molar-refractivity contribution in [2.24, 2.45) is 0 Å². The monoisotopic (exact) mass is 710 g/mol. The zero-order chi connectivity index (χ0) is 26.3. The Balaban J connectivity index is 0.000000221. The van der Waals surface area contributed by atoms with Gasteiger partial charge >= 0.3 is 42.8 Å². The Bertz CT molecular complexity index is 1150. The fourth-order valence-electron chi connectivity index (χ4n) is 2.77. The molecule has 0 aliphatic heterocycles. The molecule has 2 aromatic heterocycles.